The summed E-state index contributed by atoms with van der Waals surface area (Å²) < 4.78 is 1.02. The molecule has 90 valence electrons. The minimum atomic E-state index is 0.298. The highest BCUT2D eigenvalue weighted by Crippen LogP contribution is 2.24. The Balaban J connectivity index is 2.34. The van der Waals surface area contributed by atoms with Gasteiger partial charge in [0.05, 0.1) is 11.6 Å². The second kappa shape index (κ2) is 5.38. The topological polar surface area (TPSA) is 48.7 Å². The summed E-state index contributed by atoms with van der Waals surface area (Å²) in [7, 11) is 0. The van der Waals surface area contributed by atoms with Gasteiger partial charge in [-0.3, -0.25) is 0 Å². The van der Waals surface area contributed by atoms with Crippen molar-refractivity contribution in [2.45, 2.75) is 6.92 Å². The van der Waals surface area contributed by atoms with Crippen LogP contribution in [0, 0.1) is 18.3 Å². The number of rotatable bonds is 2. The van der Waals surface area contributed by atoms with Gasteiger partial charge in [-0.15, -0.1) is 0 Å². The third-order valence-corrected chi connectivity index (χ3v) is 3.06. The second-order valence-corrected chi connectivity index (χ2v) is 5.06. The maximum absolute atomic E-state index is 8.87. The number of nitrogens with zero attached hydrogens (tertiary/aromatic N) is 2. The first-order chi connectivity index (χ1) is 8.58. The van der Waals surface area contributed by atoms with Crippen LogP contribution in [0.25, 0.3) is 0 Å². The molecule has 1 N–H and O–H groups in total. The zero-order valence-corrected chi connectivity index (χ0v) is 11.9. The predicted molar refractivity (Wildman–Crippen MR) is 76.1 cm³/mol. The van der Waals surface area contributed by atoms with Gasteiger partial charge in [-0.2, -0.15) is 5.26 Å². The Morgan fingerprint density at radius 3 is 2.78 bits per heavy atom. The van der Waals surface area contributed by atoms with E-state index in [9.17, 15) is 0 Å². The molecule has 2 aromatic rings. The highest BCUT2D eigenvalue weighted by Gasteiger charge is 2.04. The Hall–Kier alpha value is -1.57. The van der Waals surface area contributed by atoms with Gasteiger partial charge in [0.25, 0.3) is 0 Å². The number of hydrogen-bond donors (Lipinski definition) is 1. The van der Waals surface area contributed by atoms with Gasteiger partial charge in [0.1, 0.15) is 11.0 Å². The first-order valence-corrected chi connectivity index (χ1v) is 6.36. The van der Waals surface area contributed by atoms with Crippen molar-refractivity contribution >= 4 is 39.0 Å². The van der Waals surface area contributed by atoms with Gasteiger partial charge in [0.15, 0.2) is 0 Å². The first kappa shape index (κ1) is 12.9. The summed E-state index contributed by atoms with van der Waals surface area (Å²) in [6.45, 7) is 1.99. The summed E-state index contributed by atoms with van der Waals surface area (Å²) in [5, 5.41) is 12.3. The SMILES string of the molecule is Cc1cc(Br)ccc1Nc1cc(C#N)cc(Cl)n1. The van der Waals surface area contributed by atoms with Crippen molar-refractivity contribution in [2.75, 3.05) is 5.32 Å². The smallest absolute Gasteiger partial charge is 0.133 e. The monoisotopic (exact) mass is 321 g/mol. The molecule has 0 aliphatic rings. The van der Waals surface area contributed by atoms with Crippen LogP contribution in [0.3, 0.4) is 0 Å². The molecule has 0 bridgehead atoms. The van der Waals surface area contributed by atoms with E-state index >= 15 is 0 Å². The molecule has 1 aromatic carbocycles. The lowest BCUT2D eigenvalue weighted by atomic mass is 10.2. The summed E-state index contributed by atoms with van der Waals surface area (Å²) in [5.41, 5.74) is 2.48. The molecule has 0 radical (unpaired) electrons. The van der Waals surface area contributed by atoms with Crippen molar-refractivity contribution in [2.24, 2.45) is 0 Å². The van der Waals surface area contributed by atoms with E-state index in [1.807, 2.05) is 31.2 Å². The lowest BCUT2D eigenvalue weighted by Crippen LogP contribution is -1.96. The van der Waals surface area contributed by atoms with E-state index in [4.69, 9.17) is 16.9 Å². The molecule has 0 saturated carbocycles. The van der Waals surface area contributed by atoms with E-state index in [-0.39, 0.29) is 0 Å². The maximum Gasteiger partial charge on any atom is 0.133 e. The molecule has 1 heterocycles. The zero-order chi connectivity index (χ0) is 13.1. The largest absolute Gasteiger partial charge is 0.340 e. The van der Waals surface area contributed by atoms with Crippen molar-refractivity contribution < 1.29 is 0 Å². The fraction of sp³-hybridized carbons (Fsp3) is 0.0769. The maximum atomic E-state index is 8.87. The van der Waals surface area contributed by atoms with Crippen LogP contribution in [0.4, 0.5) is 11.5 Å². The summed E-state index contributed by atoms with van der Waals surface area (Å²) in [5.74, 6) is 0.560. The molecule has 0 aliphatic heterocycles. The second-order valence-electron chi connectivity index (χ2n) is 3.76. The number of anilines is 2. The number of hydrogen-bond acceptors (Lipinski definition) is 3. The van der Waals surface area contributed by atoms with Gasteiger partial charge in [-0.25, -0.2) is 4.98 Å². The summed E-state index contributed by atoms with van der Waals surface area (Å²) in [6.07, 6.45) is 0. The van der Waals surface area contributed by atoms with Crippen LogP contribution in [0.15, 0.2) is 34.8 Å². The number of nitrogens with one attached hydrogen (secondary N) is 1. The minimum absolute atomic E-state index is 0.298. The number of halogens is 2. The molecule has 18 heavy (non-hydrogen) atoms. The fourth-order valence-corrected chi connectivity index (χ4v) is 2.21. The normalized spacial score (nSPS) is 9.89. The molecule has 0 amide bonds. The lowest BCUT2D eigenvalue weighted by molar-refractivity contribution is 1.28. The Labute approximate surface area is 119 Å². The van der Waals surface area contributed by atoms with Gasteiger partial charge < -0.3 is 5.32 Å². The molecule has 1 aromatic heterocycles. The van der Waals surface area contributed by atoms with Gasteiger partial charge >= 0.3 is 0 Å². The van der Waals surface area contributed by atoms with E-state index in [1.54, 1.807) is 6.07 Å². The summed E-state index contributed by atoms with van der Waals surface area (Å²) >= 11 is 9.26. The Kier molecular flexibility index (Phi) is 3.85. The quantitative estimate of drug-likeness (QED) is 0.833. The Bertz CT molecular complexity index is 635. The minimum Gasteiger partial charge on any atom is -0.340 e. The molecule has 5 heteroatoms. The van der Waals surface area contributed by atoms with Crippen molar-refractivity contribution in [1.29, 1.82) is 5.26 Å². The molecule has 0 spiro atoms. The van der Waals surface area contributed by atoms with E-state index in [0.29, 0.717) is 16.5 Å². The van der Waals surface area contributed by atoms with Gasteiger partial charge in [0.2, 0.25) is 0 Å². The van der Waals surface area contributed by atoms with Crippen LogP contribution in [0.1, 0.15) is 11.1 Å². The molecule has 0 atom stereocenters. The van der Waals surface area contributed by atoms with Crippen molar-refractivity contribution in [3.63, 3.8) is 0 Å². The summed E-state index contributed by atoms with van der Waals surface area (Å²) in [6, 6.07) is 11.1. The van der Waals surface area contributed by atoms with Gasteiger partial charge in [-0.05, 0) is 42.8 Å². The number of pyridine rings is 1. The third kappa shape index (κ3) is 3.00. The molecule has 3 nitrogen and oxygen atoms in total. The average Bonchev–Trinajstić information content (AvgIpc) is 2.32. The molecular formula is C13H9BrClN3. The third-order valence-electron chi connectivity index (χ3n) is 2.37. The van der Waals surface area contributed by atoms with Crippen LogP contribution >= 0.6 is 27.5 Å². The predicted octanol–water partition coefficient (Wildman–Crippen LogP) is 4.42. The van der Waals surface area contributed by atoms with Gasteiger partial charge in [0, 0.05) is 10.2 Å². The molecular weight excluding hydrogens is 314 g/mol. The molecule has 0 saturated heterocycles. The van der Waals surface area contributed by atoms with E-state index in [1.165, 1.54) is 6.07 Å². The number of benzene rings is 1. The van der Waals surface area contributed by atoms with E-state index < -0.39 is 0 Å². The molecule has 0 unspecified atom stereocenters. The van der Waals surface area contributed by atoms with Crippen LogP contribution in [0.2, 0.25) is 5.15 Å². The van der Waals surface area contributed by atoms with Crippen LogP contribution in [-0.4, -0.2) is 4.98 Å². The molecule has 2 rings (SSSR count). The number of aromatic nitrogens is 1. The van der Waals surface area contributed by atoms with Crippen LogP contribution < -0.4 is 5.32 Å². The Morgan fingerprint density at radius 2 is 2.11 bits per heavy atom. The van der Waals surface area contributed by atoms with Crippen molar-refractivity contribution in [1.82, 2.24) is 4.98 Å². The van der Waals surface area contributed by atoms with Crippen LogP contribution in [-0.2, 0) is 0 Å². The van der Waals surface area contributed by atoms with E-state index in [0.717, 1.165) is 15.7 Å². The number of aryl methyl sites for hydroxylation is 1. The average molecular weight is 323 g/mol. The number of nitriles is 1. The van der Waals surface area contributed by atoms with Crippen molar-refractivity contribution in [3.05, 3.63) is 51.1 Å². The molecule has 0 fully saturated rings. The zero-order valence-electron chi connectivity index (χ0n) is 9.54. The lowest BCUT2D eigenvalue weighted by Gasteiger charge is -2.09. The van der Waals surface area contributed by atoms with E-state index in [2.05, 4.69) is 26.2 Å². The van der Waals surface area contributed by atoms with Crippen molar-refractivity contribution in [3.8, 4) is 6.07 Å². The van der Waals surface area contributed by atoms with Crippen LogP contribution in [0.5, 0.6) is 0 Å². The molecule has 0 aliphatic carbocycles. The first-order valence-electron chi connectivity index (χ1n) is 5.19. The Morgan fingerprint density at radius 1 is 1.33 bits per heavy atom. The van der Waals surface area contributed by atoms with Gasteiger partial charge in [-0.1, -0.05) is 27.5 Å². The summed E-state index contributed by atoms with van der Waals surface area (Å²) in [4.78, 5) is 4.13. The standard InChI is InChI=1S/C13H9BrClN3/c1-8-4-10(14)2-3-11(8)17-13-6-9(7-16)5-12(15)18-13/h2-6H,1H3,(H,17,18). The highest BCUT2D eigenvalue weighted by molar-refractivity contribution is 9.10. The highest BCUT2D eigenvalue weighted by atomic mass is 79.9. The fourth-order valence-electron chi connectivity index (χ4n) is 1.53.